The largest absolute Gasteiger partial charge is 0.368 e. The molecule has 1 aromatic rings. The van der Waals surface area contributed by atoms with E-state index in [4.69, 9.17) is 16.3 Å². The number of carbonyl (C=O) groups excluding carboxylic acids is 1. The molecule has 2 saturated heterocycles. The SMILES string of the molecule is O=C(NC1CCN(CC2(c3ccc(Cl)cc3)CCC2)CC1)C1CCCO1. The first-order chi connectivity index (χ1) is 12.6. The molecule has 1 atom stereocenters. The zero-order valence-electron chi connectivity index (χ0n) is 15.4. The number of likely N-dealkylation sites (tertiary alicyclic amines) is 1. The van der Waals surface area contributed by atoms with Gasteiger partial charge in [-0.2, -0.15) is 0 Å². The Morgan fingerprint density at radius 2 is 1.88 bits per heavy atom. The van der Waals surface area contributed by atoms with Crippen molar-refractivity contribution in [1.82, 2.24) is 10.2 Å². The van der Waals surface area contributed by atoms with Crippen molar-refractivity contribution in [1.29, 1.82) is 0 Å². The third-order valence-electron chi connectivity index (χ3n) is 6.45. The number of nitrogens with one attached hydrogen (secondary N) is 1. The Balaban J connectivity index is 1.29. The Labute approximate surface area is 161 Å². The zero-order valence-corrected chi connectivity index (χ0v) is 16.1. The molecule has 4 rings (SSSR count). The summed E-state index contributed by atoms with van der Waals surface area (Å²) in [4.78, 5) is 14.8. The number of benzene rings is 1. The van der Waals surface area contributed by atoms with Crippen LogP contribution in [0, 0.1) is 0 Å². The van der Waals surface area contributed by atoms with E-state index in [-0.39, 0.29) is 12.0 Å². The monoisotopic (exact) mass is 376 g/mol. The van der Waals surface area contributed by atoms with Crippen LogP contribution in [0.3, 0.4) is 0 Å². The first-order valence-electron chi connectivity index (χ1n) is 10.1. The van der Waals surface area contributed by atoms with Crippen molar-refractivity contribution in [2.45, 2.75) is 62.5 Å². The molecule has 142 valence electrons. The van der Waals surface area contributed by atoms with E-state index in [1.165, 1.54) is 24.8 Å². The van der Waals surface area contributed by atoms with Crippen molar-refractivity contribution in [3.8, 4) is 0 Å². The van der Waals surface area contributed by atoms with E-state index in [9.17, 15) is 4.79 Å². The van der Waals surface area contributed by atoms with Crippen LogP contribution >= 0.6 is 11.6 Å². The lowest BCUT2D eigenvalue weighted by Gasteiger charge is -2.47. The predicted molar refractivity (Wildman–Crippen MR) is 104 cm³/mol. The number of rotatable bonds is 5. The van der Waals surface area contributed by atoms with Crippen molar-refractivity contribution in [2.24, 2.45) is 0 Å². The fourth-order valence-corrected chi connectivity index (χ4v) is 4.81. The van der Waals surface area contributed by atoms with Crippen LogP contribution in [0.2, 0.25) is 5.02 Å². The van der Waals surface area contributed by atoms with E-state index in [0.29, 0.717) is 11.5 Å². The van der Waals surface area contributed by atoms with Crippen molar-refractivity contribution in [2.75, 3.05) is 26.2 Å². The molecule has 0 bridgehead atoms. The maximum Gasteiger partial charge on any atom is 0.249 e. The van der Waals surface area contributed by atoms with Gasteiger partial charge in [0.2, 0.25) is 5.91 Å². The quantitative estimate of drug-likeness (QED) is 0.854. The third-order valence-corrected chi connectivity index (χ3v) is 6.70. The van der Waals surface area contributed by atoms with Crippen molar-refractivity contribution < 1.29 is 9.53 Å². The van der Waals surface area contributed by atoms with E-state index >= 15 is 0 Å². The highest BCUT2D eigenvalue weighted by molar-refractivity contribution is 6.30. The highest BCUT2D eigenvalue weighted by Gasteiger charge is 2.40. The van der Waals surface area contributed by atoms with Gasteiger partial charge in [-0.05, 0) is 56.2 Å². The zero-order chi connectivity index (χ0) is 18.0. The molecule has 1 aromatic carbocycles. The Morgan fingerprint density at radius 3 is 2.46 bits per heavy atom. The number of ether oxygens (including phenoxy) is 1. The lowest BCUT2D eigenvalue weighted by atomic mass is 9.64. The van der Waals surface area contributed by atoms with Gasteiger partial charge in [0.25, 0.3) is 0 Å². The molecule has 1 saturated carbocycles. The second-order valence-electron chi connectivity index (χ2n) is 8.20. The summed E-state index contributed by atoms with van der Waals surface area (Å²) in [6.45, 7) is 3.97. The number of halogens is 1. The number of hydrogen-bond donors (Lipinski definition) is 1. The summed E-state index contributed by atoms with van der Waals surface area (Å²) in [6, 6.07) is 8.75. The fraction of sp³-hybridized carbons (Fsp3) is 0.667. The summed E-state index contributed by atoms with van der Waals surface area (Å²) >= 11 is 6.07. The molecular formula is C21H29ClN2O2. The molecule has 0 spiro atoms. The molecule has 26 heavy (non-hydrogen) atoms. The van der Waals surface area contributed by atoms with Gasteiger partial charge < -0.3 is 15.0 Å². The minimum Gasteiger partial charge on any atom is -0.368 e. The number of nitrogens with zero attached hydrogens (tertiary/aromatic N) is 1. The summed E-state index contributed by atoms with van der Waals surface area (Å²) in [5.74, 6) is 0.0950. The second kappa shape index (κ2) is 7.87. The van der Waals surface area contributed by atoms with Gasteiger partial charge in [0.1, 0.15) is 6.10 Å². The van der Waals surface area contributed by atoms with Gasteiger partial charge in [-0.15, -0.1) is 0 Å². The van der Waals surface area contributed by atoms with Gasteiger partial charge in [0.05, 0.1) is 0 Å². The molecule has 1 aliphatic carbocycles. The second-order valence-corrected chi connectivity index (χ2v) is 8.64. The van der Waals surface area contributed by atoms with Gasteiger partial charge in [-0.3, -0.25) is 4.79 Å². The number of hydrogen-bond acceptors (Lipinski definition) is 3. The molecule has 0 radical (unpaired) electrons. The molecule has 1 unspecified atom stereocenters. The van der Waals surface area contributed by atoms with Gasteiger partial charge in [0.15, 0.2) is 0 Å². The minimum atomic E-state index is -0.212. The predicted octanol–water partition coefficient (Wildman–Crippen LogP) is 3.52. The molecule has 4 nitrogen and oxygen atoms in total. The number of piperidine rings is 1. The van der Waals surface area contributed by atoms with Crippen molar-refractivity contribution in [3.63, 3.8) is 0 Å². The molecule has 3 aliphatic rings. The van der Waals surface area contributed by atoms with Crippen LogP contribution in [0.5, 0.6) is 0 Å². The maximum atomic E-state index is 12.2. The topological polar surface area (TPSA) is 41.6 Å². The molecule has 1 N–H and O–H groups in total. The molecule has 3 fully saturated rings. The minimum absolute atomic E-state index is 0.0950. The first-order valence-corrected chi connectivity index (χ1v) is 10.4. The van der Waals surface area contributed by atoms with E-state index in [0.717, 1.165) is 56.9 Å². The molecule has 0 aromatic heterocycles. The highest BCUT2D eigenvalue weighted by Crippen LogP contribution is 2.44. The van der Waals surface area contributed by atoms with Gasteiger partial charge in [-0.25, -0.2) is 0 Å². The van der Waals surface area contributed by atoms with Crippen molar-refractivity contribution in [3.05, 3.63) is 34.9 Å². The van der Waals surface area contributed by atoms with Crippen LogP contribution in [0.15, 0.2) is 24.3 Å². The Hall–Kier alpha value is -1.10. The van der Waals surface area contributed by atoms with Crippen LogP contribution in [0.1, 0.15) is 50.5 Å². The average Bonchev–Trinajstić information content (AvgIpc) is 3.15. The lowest BCUT2D eigenvalue weighted by molar-refractivity contribution is -0.131. The standard InChI is InChI=1S/C21H29ClN2O2/c22-17-6-4-16(5-7-17)21(10-2-11-21)15-24-12-8-18(9-13-24)23-20(25)19-3-1-14-26-19/h4-7,18-19H,1-3,8-15H2,(H,23,25). The van der Waals surface area contributed by atoms with E-state index in [1.807, 2.05) is 12.1 Å². The highest BCUT2D eigenvalue weighted by atomic mass is 35.5. The number of carbonyl (C=O) groups is 1. The van der Waals surface area contributed by atoms with Gasteiger partial charge in [-0.1, -0.05) is 30.2 Å². The Morgan fingerprint density at radius 1 is 1.15 bits per heavy atom. The Kier molecular flexibility index (Phi) is 5.53. The molecular weight excluding hydrogens is 348 g/mol. The molecule has 2 heterocycles. The van der Waals surface area contributed by atoms with Crippen LogP contribution in [0.25, 0.3) is 0 Å². The van der Waals surface area contributed by atoms with Gasteiger partial charge >= 0.3 is 0 Å². The smallest absolute Gasteiger partial charge is 0.249 e. The van der Waals surface area contributed by atoms with Crippen LogP contribution in [-0.2, 0) is 14.9 Å². The first kappa shape index (κ1) is 18.3. The summed E-state index contributed by atoms with van der Waals surface area (Å²) in [5.41, 5.74) is 1.74. The third kappa shape index (κ3) is 3.92. The number of amides is 1. The van der Waals surface area contributed by atoms with Crippen LogP contribution in [-0.4, -0.2) is 49.2 Å². The normalized spacial score (nSPS) is 26.4. The molecule has 5 heteroatoms. The van der Waals surface area contributed by atoms with E-state index in [2.05, 4.69) is 22.3 Å². The van der Waals surface area contributed by atoms with E-state index < -0.39 is 0 Å². The van der Waals surface area contributed by atoms with Crippen LogP contribution in [0.4, 0.5) is 0 Å². The summed E-state index contributed by atoms with van der Waals surface area (Å²) in [7, 11) is 0. The average molecular weight is 377 g/mol. The Bertz CT molecular complexity index is 615. The lowest BCUT2D eigenvalue weighted by Crippen LogP contribution is -2.51. The fourth-order valence-electron chi connectivity index (χ4n) is 4.69. The molecule has 1 amide bonds. The summed E-state index contributed by atoms with van der Waals surface area (Å²) in [5, 5.41) is 4.02. The maximum absolute atomic E-state index is 12.2. The summed E-state index contributed by atoms with van der Waals surface area (Å²) < 4.78 is 5.49. The van der Waals surface area contributed by atoms with Crippen LogP contribution < -0.4 is 5.32 Å². The van der Waals surface area contributed by atoms with Gasteiger partial charge in [0, 0.05) is 42.7 Å². The van der Waals surface area contributed by atoms with E-state index in [1.54, 1.807) is 0 Å². The van der Waals surface area contributed by atoms with Crippen molar-refractivity contribution >= 4 is 17.5 Å². The summed E-state index contributed by atoms with van der Waals surface area (Å²) in [6.07, 6.45) is 7.59. The molecule has 2 aliphatic heterocycles.